The summed E-state index contributed by atoms with van der Waals surface area (Å²) in [5.74, 6) is 0.222. The molecule has 0 radical (unpaired) electrons. The zero-order valence-corrected chi connectivity index (χ0v) is 10.4. The highest BCUT2D eigenvalue weighted by atomic mass is 35.5. The number of hydrogen-bond donors (Lipinski definition) is 1. The number of nitro groups is 1. The molecule has 0 atom stereocenters. The van der Waals surface area contributed by atoms with E-state index in [2.05, 4.69) is 5.32 Å². The molecule has 1 N–H and O–H groups in total. The largest absolute Gasteiger partial charge is 0.433 e. The van der Waals surface area contributed by atoms with Crippen molar-refractivity contribution in [2.75, 3.05) is 5.32 Å². The predicted molar refractivity (Wildman–Crippen MR) is 68.9 cm³/mol. The van der Waals surface area contributed by atoms with Crippen LogP contribution in [0.4, 0.5) is 11.6 Å². The quantitative estimate of drug-likeness (QED) is 0.676. The van der Waals surface area contributed by atoms with Crippen LogP contribution < -0.4 is 5.32 Å². The number of hydrogen-bond acceptors (Lipinski definition) is 4. The molecule has 0 fully saturated rings. The topological polar surface area (TPSA) is 68.3 Å². The van der Waals surface area contributed by atoms with Gasteiger partial charge < -0.3 is 9.73 Å². The van der Waals surface area contributed by atoms with Crippen LogP contribution in [0.25, 0.3) is 0 Å². The van der Waals surface area contributed by atoms with Crippen LogP contribution in [0.1, 0.15) is 11.3 Å². The third-order valence-corrected chi connectivity index (χ3v) is 2.72. The maximum Gasteiger partial charge on any atom is 0.433 e. The number of nitrogens with one attached hydrogen (secondary N) is 1. The van der Waals surface area contributed by atoms with Crippen molar-refractivity contribution in [2.24, 2.45) is 0 Å². The Morgan fingerprint density at radius 1 is 1.39 bits per heavy atom. The van der Waals surface area contributed by atoms with E-state index in [0.29, 0.717) is 17.3 Å². The molecule has 0 saturated heterocycles. The lowest BCUT2D eigenvalue weighted by Gasteiger charge is -2.07. The first kappa shape index (κ1) is 12.4. The molecular weight excluding hydrogens is 256 g/mol. The molecule has 2 rings (SSSR count). The second-order valence-corrected chi connectivity index (χ2v) is 4.24. The van der Waals surface area contributed by atoms with Crippen molar-refractivity contribution in [1.29, 1.82) is 0 Å². The Hall–Kier alpha value is -2.01. The van der Waals surface area contributed by atoms with E-state index >= 15 is 0 Å². The summed E-state index contributed by atoms with van der Waals surface area (Å²) in [6.45, 7) is 2.29. The molecule has 6 heteroatoms. The van der Waals surface area contributed by atoms with Crippen molar-refractivity contribution in [1.82, 2.24) is 0 Å². The lowest BCUT2D eigenvalue weighted by Crippen LogP contribution is -1.98. The van der Waals surface area contributed by atoms with Gasteiger partial charge in [-0.2, -0.15) is 0 Å². The molecule has 0 saturated carbocycles. The molecule has 0 amide bonds. The van der Waals surface area contributed by atoms with Gasteiger partial charge in [-0.1, -0.05) is 17.7 Å². The molecule has 0 aliphatic carbocycles. The lowest BCUT2D eigenvalue weighted by molar-refractivity contribution is -0.402. The Kier molecular flexibility index (Phi) is 3.53. The number of furan rings is 1. The molecule has 1 aromatic heterocycles. The van der Waals surface area contributed by atoms with E-state index in [1.54, 1.807) is 6.07 Å². The second kappa shape index (κ2) is 5.10. The van der Waals surface area contributed by atoms with Gasteiger partial charge in [0.05, 0.1) is 23.3 Å². The van der Waals surface area contributed by atoms with Gasteiger partial charge in [-0.05, 0) is 30.7 Å². The minimum Gasteiger partial charge on any atom is -0.404 e. The summed E-state index contributed by atoms with van der Waals surface area (Å²) in [5, 5.41) is 14.1. The molecular formula is C12H11ClN2O3. The zero-order valence-electron chi connectivity index (χ0n) is 9.64. The summed E-state index contributed by atoms with van der Waals surface area (Å²) in [6, 6.07) is 8.52. The average Bonchev–Trinajstić information content (AvgIpc) is 2.76. The minimum atomic E-state index is -0.567. The molecule has 0 aliphatic heterocycles. The Morgan fingerprint density at radius 3 is 2.78 bits per heavy atom. The number of rotatable bonds is 4. The van der Waals surface area contributed by atoms with E-state index in [1.165, 1.54) is 6.07 Å². The second-order valence-electron chi connectivity index (χ2n) is 3.83. The molecule has 0 unspecified atom stereocenters. The summed E-state index contributed by atoms with van der Waals surface area (Å²) in [6.07, 6.45) is 0. The fourth-order valence-corrected chi connectivity index (χ4v) is 1.81. The van der Waals surface area contributed by atoms with Gasteiger partial charge >= 0.3 is 5.88 Å². The SMILES string of the molecule is Cc1ccc(NCc2ccc([N+](=O)[O-])o2)c(Cl)c1. The van der Waals surface area contributed by atoms with Gasteiger partial charge in [0.25, 0.3) is 0 Å². The first-order chi connectivity index (χ1) is 8.56. The standard InChI is InChI=1S/C12H11ClN2O3/c1-8-2-4-11(10(13)6-8)14-7-9-3-5-12(18-9)15(16)17/h2-6,14H,7H2,1H3. The fraction of sp³-hybridized carbons (Fsp3) is 0.167. The first-order valence-corrected chi connectivity index (χ1v) is 5.67. The highest BCUT2D eigenvalue weighted by Gasteiger charge is 2.11. The molecule has 94 valence electrons. The van der Waals surface area contributed by atoms with Gasteiger partial charge in [-0.15, -0.1) is 0 Å². The monoisotopic (exact) mass is 266 g/mol. The van der Waals surface area contributed by atoms with Crippen LogP contribution in [0, 0.1) is 17.0 Å². The van der Waals surface area contributed by atoms with Crippen molar-refractivity contribution in [2.45, 2.75) is 13.5 Å². The van der Waals surface area contributed by atoms with E-state index in [0.717, 1.165) is 11.3 Å². The highest BCUT2D eigenvalue weighted by Crippen LogP contribution is 2.24. The molecule has 0 spiro atoms. The summed E-state index contributed by atoms with van der Waals surface area (Å²) in [4.78, 5) is 9.88. The van der Waals surface area contributed by atoms with Gasteiger partial charge in [-0.3, -0.25) is 10.1 Å². The van der Waals surface area contributed by atoms with E-state index in [1.807, 2.05) is 25.1 Å². The van der Waals surface area contributed by atoms with Crippen LogP contribution in [0.15, 0.2) is 34.7 Å². The normalized spacial score (nSPS) is 10.3. The molecule has 2 aromatic rings. The first-order valence-electron chi connectivity index (χ1n) is 5.29. The average molecular weight is 267 g/mol. The van der Waals surface area contributed by atoms with Gasteiger partial charge in [0, 0.05) is 0 Å². The van der Waals surface area contributed by atoms with Gasteiger partial charge in [0.1, 0.15) is 10.7 Å². The van der Waals surface area contributed by atoms with Crippen LogP contribution in [0.5, 0.6) is 0 Å². The van der Waals surface area contributed by atoms with Crippen molar-refractivity contribution in [3.05, 3.63) is 56.8 Å². The number of benzene rings is 1. The summed E-state index contributed by atoms with van der Waals surface area (Å²) in [5.41, 5.74) is 1.83. The fourth-order valence-electron chi connectivity index (χ4n) is 1.51. The molecule has 1 aromatic carbocycles. The number of nitrogens with zero attached hydrogens (tertiary/aromatic N) is 1. The highest BCUT2D eigenvalue weighted by molar-refractivity contribution is 6.33. The Morgan fingerprint density at radius 2 is 2.17 bits per heavy atom. The van der Waals surface area contributed by atoms with E-state index in [9.17, 15) is 10.1 Å². The van der Waals surface area contributed by atoms with Crippen LogP contribution in [0.3, 0.4) is 0 Å². The van der Waals surface area contributed by atoms with E-state index < -0.39 is 4.92 Å². The summed E-state index contributed by atoms with van der Waals surface area (Å²) >= 11 is 6.05. The number of anilines is 1. The van der Waals surface area contributed by atoms with Gasteiger partial charge in [0.2, 0.25) is 0 Å². The zero-order chi connectivity index (χ0) is 13.1. The summed E-state index contributed by atoms with van der Waals surface area (Å²) < 4.78 is 5.03. The van der Waals surface area contributed by atoms with Crippen LogP contribution >= 0.6 is 11.6 Å². The van der Waals surface area contributed by atoms with Crippen LogP contribution in [-0.2, 0) is 6.54 Å². The third-order valence-electron chi connectivity index (χ3n) is 2.41. The molecule has 0 bridgehead atoms. The maximum atomic E-state index is 10.5. The Labute approximate surface area is 109 Å². The van der Waals surface area contributed by atoms with Crippen molar-refractivity contribution in [3.8, 4) is 0 Å². The van der Waals surface area contributed by atoms with Crippen molar-refractivity contribution < 1.29 is 9.34 Å². The number of aryl methyl sites for hydroxylation is 1. The van der Waals surface area contributed by atoms with Crippen LogP contribution in [0.2, 0.25) is 5.02 Å². The summed E-state index contributed by atoms with van der Waals surface area (Å²) in [7, 11) is 0. The van der Waals surface area contributed by atoms with Crippen molar-refractivity contribution in [3.63, 3.8) is 0 Å². The van der Waals surface area contributed by atoms with Crippen LogP contribution in [-0.4, -0.2) is 4.92 Å². The van der Waals surface area contributed by atoms with Gasteiger partial charge in [0.15, 0.2) is 0 Å². The molecule has 5 nitrogen and oxygen atoms in total. The Balaban J connectivity index is 2.04. The lowest BCUT2D eigenvalue weighted by atomic mass is 10.2. The smallest absolute Gasteiger partial charge is 0.404 e. The molecule has 0 aliphatic rings. The predicted octanol–water partition coefficient (Wildman–Crippen LogP) is 3.76. The minimum absolute atomic E-state index is 0.262. The van der Waals surface area contributed by atoms with Crippen molar-refractivity contribution >= 4 is 23.2 Å². The Bertz CT molecular complexity index is 580. The molecule has 18 heavy (non-hydrogen) atoms. The maximum absolute atomic E-state index is 10.5. The molecule has 1 heterocycles. The van der Waals surface area contributed by atoms with E-state index in [4.69, 9.17) is 16.0 Å². The van der Waals surface area contributed by atoms with E-state index in [-0.39, 0.29) is 5.88 Å². The number of halogens is 1. The van der Waals surface area contributed by atoms with Gasteiger partial charge in [-0.25, -0.2) is 0 Å². The third kappa shape index (κ3) is 2.81.